The van der Waals surface area contributed by atoms with Crippen LogP contribution in [0.2, 0.25) is 5.02 Å². The highest BCUT2D eigenvalue weighted by molar-refractivity contribution is 7.84. The van der Waals surface area contributed by atoms with Gasteiger partial charge in [0.05, 0.1) is 12.7 Å². The van der Waals surface area contributed by atoms with Crippen LogP contribution in [0.1, 0.15) is 44.8 Å². The Morgan fingerprint density at radius 1 is 1.26 bits per heavy atom. The highest BCUT2D eigenvalue weighted by Crippen LogP contribution is 2.44. The number of nitrogens with two attached hydrogens (primary N) is 1. The van der Waals surface area contributed by atoms with Crippen LogP contribution < -0.4 is 5.14 Å². The number of benzene rings is 1. The topological polar surface area (TPSA) is 87.9 Å². The molecule has 0 spiro atoms. The first-order chi connectivity index (χ1) is 10.8. The smallest absolute Gasteiger partial charge is 0.333 e. The number of rotatable bonds is 7. The van der Waals surface area contributed by atoms with Crippen LogP contribution in [0.5, 0.6) is 0 Å². The SMILES string of the molecule is CCC1(CC)OC(CCOS(N)(=O)=O)C(c2ccccc2Cl)O1. The molecule has 2 unspecified atom stereocenters. The first-order valence-electron chi connectivity index (χ1n) is 7.57. The van der Waals surface area contributed by atoms with Gasteiger partial charge in [0, 0.05) is 17.0 Å². The monoisotopic (exact) mass is 363 g/mol. The second kappa shape index (κ2) is 7.46. The zero-order valence-corrected chi connectivity index (χ0v) is 14.8. The maximum Gasteiger partial charge on any atom is 0.333 e. The molecule has 23 heavy (non-hydrogen) atoms. The molecule has 1 aliphatic rings. The summed E-state index contributed by atoms with van der Waals surface area (Å²) in [5.41, 5.74) is 0.818. The van der Waals surface area contributed by atoms with Crippen molar-refractivity contribution >= 4 is 21.9 Å². The summed E-state index contributed by atoms with van der Waals surface area (Å²) in [6, 6.07) is 7.38. The van der Waals surface area contributed by atoms with E-state index in [0.29, 0.717) is 24.3 Å². The van der Waals surface area contributed by atoms with E-state index < -0.39 is 16.1 Å². The zero-order valence-electron chi connectivity index (χ0n) is 13.2. The predicted molar refractivity (Wildman–Crippen MR) is 87.1 cm³/mol. The van der Waals surface area contributed by atoms with Crippen LogP contribution in [0.4, 0.5) is 0 Å². The summed E-state index contributed by atoms with van der Waals surface area (Å²) < 4.78 is 38.7. The Labute approximate surface area is 142 Å². The van der Waals surface area contributed by atoms with E-state index in [9.17, 15) is 8.42 Å². The lowest BCUT2D eigenvalue weighted by Gasteiger charge is -2.25. The molecule has 0 aromatic heterocycles. The normalized spacial score (nSPS) is 24.0. The zero-order chi connectivity index (χ0) is 17.1. The number of halogens is 1. The highest BCUT2D eigenvalue weighted by Gasteiger charge is 2.46. The van der Waals surface area contributed by atoms with Gasteiger partial charge in [-0.15, -0.1) is 0 Å². The molecule has 1 aromatic carbocycles. The van der Waals surface area contributed by atoms with Gasteiger partial charge in [0.2, 0.25) is 0 Å². The van der Waals surface area contributed by atoms with E-state index >= 15 is 0 Å². The minimum Gasteiger partial charge on any atom is -0.344 e. The molecule has 2 rings (SSSR count). The average molecular weight is 364 g/mol. The molecular weight excluding hydrogens is 342 g/mol. The summed E-state index contributed by atoms with van der Waals surface area (Å²) in [5.74, 6) is -0.698. The van der Waals surface area contributed by atoms with E-state index in [1.165, 1.54) is 0 Å². The Hall–Kier alpha value is -0.700. The van der Waals surface area contributed by atoms with Gasteiger partial charge in [-0.25, -0.2) is 5.14 Å². The second-order valence-electron chi connectivity index (χ2n) is 5.44. The fraction of sp³-hybridized carbons (Fsp3) is 0.600. The van der Waals surface area contributed by atoms with Crippen molar-refractivity contribution in [3.05, 3.63) is 34.9 Å². The number of hydrogen-bond donors (Lipinski definition) is 1. The second-order valence-corrected chi connectivity index (χ2v) is 7.07. The first kappa shape index (κ1) is 18.6. The first-order valence-corrected chi connectivity index (χ1v) is 9.42. The molecule has 0 amide bonds. The lowest BCUT2D eigenvalue weighted by molar-refractivity contribution is -0.180. The Balaban J connectivity index is 2.20. The molecule has 1 aromatic rings. The minimum absolute atomic E-state index is 0.0721. The van der Waals surface area contributed by atoms with Gasteiger partial charge in [0.15, 0.2) is 5.79 Å². The Morgan fingerprint density at radius 3 is 2.48 bits per heavy atom. The van der Waals surface area contributed by atoms with Crippen molar-refractivity contribution in [2.24, 2.45) is 5.14 Å². The molecule has 1 aliphatic heterocycles. The number of ether oxygens (including phenoxy) is 2. The third-order valence-corrected chi connectivity index (χ3v) is 4.82. The lowest BCUT2D eigenvalue weighted by Crippen LogP contribution is -2.29. The van der Waals surface area contributed by atoms with E-state index in [-0.39, 0.29) is 18.8 Å². The summed E-state index contributed by atoms with van der Waals surface area (Å²) in [6.45, 7) is 3.89. The van der Waals surface area contributed by atoms with Gasteiger partial charge in [0.1, 0.15) is 6.10 Å². The molecule has 130 valence electrons. The van der Waals surface area contributed by atoms with Gasteiger partial charge in [-0.3, -0.25) is 4.18 Å². The van der Waals surface area contributed by atoms with Gasteiger partial charge < -0.3 is 9.47 Å². The van der Waals surface area contributed by atoms with Gasteiger partial charge in [-0.1, -0.05) is 43.6 Å². The van der Waals surface area contributed by atoms with E-state index in [1.54, 1.807) is 6.07 Å². The summed E-state index contributed by atoms with van der Waals surface area (Å²) in [5, 5.41) is 5.44. The quantitative estimate of drug-likeness (QED) is 0.804. The van der Waals surface area contributed by atoms with E-state index in [2.05, 4.69) is 4.18 Å². The van der Waals surface area contributed by atoms with Crippen LogP contribution in [-0.2, 0) is 24.0 Å². The molecule has 0 radical (unpaired) electrons. The van der Waals surface area contributed by atoms with E-state index in [4.69, 9.17) is 26.2 Å². The molecule has 2 atom stereocenters. The van der Waals surface area contributed by atoms with E-state index in [0.717, 1.165) is 5.56 Å². The van der Waals surface area contributed by atoms with Crippen LogP contribution in [0, 0.1) is 0 Å². The Morgan fingerprint density at radius 2 is 1.91 bits per heavy atom. The third-order valence-electron chi connectivity index (χ3n) is 3.98. The molecule has 1 heterocycles. The van der Waals surface area contributed by atoms with Crippen molar-refractivity contribution in [2.45, 2.75) is 51.1 Å². The molecule has 0 saturated carbocycles. The van der Waals surface area contributed by atoms with Crippen LogP contribution in [0.25, 0.3) is 0 Å². The summed E-state index contributed by atoms with van der Waals surface area (Å²) in [6.07, 6.45) is 0.937. The van der Waals surface area contributed by atoms with Crippen molar-refractivity contribution in [1.29, 1.82) is 0 Å². The van der Waals surface area contributed by atoms with Crippen molar-refractivity contribution in [3.63, 3.8) is 0 Å². The molecule has 2 N–H and O–H groups in total. The Kier molecular flexibility index (Phi) is 6.05. The highest BCUT2D eigenvalue weighted by atomic mass is 35.5. The van der Waals surface area contributed by atoms with E-state index in [1.807, 2.05) is 32.0 Å². The minimum atomic E-state index is -3.97. The van der Waals surface area contributed by atoms with Gasteiger partial charge in [0.25, 0.3) is 0 Å². The number of hydrogen-bond acceptors (Lipinski definition) is 5. The standard InChI is InChI=1S/C15H22ClNO5S/c1-3-15(4-2)21-13(9-10-20-23(17,18)19)14(22-15)11-7-5-6-8-12(11)16/h5-8,13-14H,3-4,9-10H2,1-2H3,(H2,17,18,19). The predicted octanol–water partition coefficient (Wildman–Crippen LogP) is 2.92. The molecular formula is C15H22ClNO5S. The molecule has 6 nitrogen and oxygen atoms in total. The van der Waals surface area contributed by atoms with Crippen molar-refractivity contribution < 1.29 is 22.1 Å². The molecule has 0 aliphatic carbocycles. The average Bonchev–Trinajstić information content (AvgIpc) is 2.86. The molecule has 0 bridgehead atoms. The van der Waals surface area contributed by atoms with Gasteiger partial charge in [-0.05, 0) is 18.9 Å². The molecule has 1 fully saturated rings. The van der Waals surface area contributed by atoms with Crippen LogP contribution >= 0.6 is 11.6 Å². The lowest BCUT2D eigenvalue weighted by atomic mass is 10.0. The largest absolute Gasteiger partial charge is 0.344 e. The fourth-order valence-corrected chi connectivity index (χ4v) is 3.29. The summed E-state index contributed by atoms with van der Waals surface area (Å²) >= 11 is 6.27. The Bertz CT molecular complexity index is 633. The van der Waals surface area contributed by atoms with Crippen LogP contribution in [-0.4, -0.2) is 26.9 Å². The maximum atomic E-state index is 10.9. The van der Waals surface area contributed by atoms with Gasteiger partial charge in [-0.2, -0.15) is 8.42 Å². The third kappa shape index (κ3) is 4.65. The fourth-order valence-electron chi connectivity index (χ4n) is 2.72. The summed E-state index contributed by atoms with van der Waals surface area (Å²) in [4.78, 5) is 0. The molecule has 1 saturated heterocycles. The maximum absolute atomic E-state index is 10.9. The van der Waals surface area contributed by atoms with Crippen molar-refractivity contribution in [2.75, 3.05) is 6.61 Å². The van der Waals surface area contributed by atoms with Crippen LogP contribution in [0.3, 0.4) is 0 Å². The van der Waals surface area contributed by atoms with Crippen molar-refractivity contribution in [3.8, 4) is 0 Å². The molecule has 8 heteroatoms. The van der Waals surface area contributed by atoms with Crippen molar-refractivity contribution in [1.82, 2.24) is 0 Å². The van der Waals surface area contributed by atoms with Crippen LogP contribution in [0.15, 0.2) is 24.3 Å². The summed E-state index contributed by atoms with van der Waals surface area (Å²) in [7, 11) is -3.97. The van der Waals surface area contributed by atoms with Gasteiger partial charge >= 0.3 is 10.3 Å².